The SMILES string of the molecule is CCCNCc1csc(CC(C)(C)C)n1. The minimum Gasteiger partial charge on any atom is -0.311 e. The minimum atomic E-state index is 0.339. The second kappa shape index (κ2) is 5.61. The molecule has 0 aromatic carbocycles. The Morgan fingerprint density at radius 2 is 2.13 bits per heavy atom. The van der Waals surface area contributed by atoms with Crippen LogP contribution >= 0.6 is 11.3 Å². The van der Waals surface area contributed by atoms with Gasteiger partial charge in [0.05, 0.1) is 10.7 Å². The van der Waals surface area contributed by atoms with Gasteiger partial charge in [0.1, 0.15) is 0 Å². The number of aromatic nitrogens is 1. The molecule has 1 aromatic rings. The zero-order chi connectivity index (χ0) is 11.3. The molecule has 0 radical (unpaired) electrons. The molecule has 0 aliphatic carbocycles. The number of nitrogens with one attached hydrogen (secondary N) is 1. The molecule has 15 heavy (non-hydrogen) atoms. The van der Waals surface area contributed by atoms with Crippen LogP contribution in [-0.2, 0) is 13.0 Å². The van der Waals surface area contributed by atoms with Crippen LogP contribution in [0.25, 0.3) is 0 Å². The molecule has 0 spiro atoms. The van der Waals surface area contributed by atoms with E-state index in [1.165, 1.54) is 17.1 Å². The zero-order valence-corrected chi connectivity index (χ0v) is 11.1. The van der Waals surface area contributed by atoms with Crippen LogP contribution < -0.4 is 5.32 Å². The molecule has 1 N–H and O–H groups in total. The summed E-state index contributed by atoms with van der Waals surface area (Å²) in [7, 11) is 0. The maximum atomic E-state index is 4.62. The molecule has 3 heteroatoms. The number of thiazole rings is 1. The van der Waals surface area contributed by atoms with Gasteiger partial charge in [0.2, 0.25) is 0 Å². The van der Waals surface area contributed by atoms with E-state index in [9.17, 15) is 0 Å². The first-order valence-electron chi connectivity index (χ1n) is 5.65. The lowest BCUT2D eigenvalue weighted by Gasteiger charge is -2.15. The molecule has 2 nitrogen and oxygen atoms in total. The van der Waals surface area contributed by atoms with Gasteiger partial charge in [-0.25, -0.2) is 4.98 Å². The molecule has 0 saturated carbocycles. The lowest BCUT2D eigenvalue weighted by molar-refractivity contribution is 0.410. The normalized spacial score (nSPS) is 12.0. The first-order valence-corrected chi connectivity index (χ1v) is 6.53. The largest absolute Gasteiger partial charge is 0.311 e. The number of rotatable bonds is 5. The Balaban J connectivity index is 2.42. The van der Waals surface area contributed by atoms with Gasteiger partial charge in [0.25, 0.3) is 0 Å². The Labute approximate surface area is 97.1 Å². The molecule has 1 heterocycles. The summed E-state index contributed by atoms with van der Waals surface area (Å²) in [6.45, 7) is 10.9. The average Bonchev–Trinajstić information content (AvgIpc) is 2.50. The third-order valence-corrected chi connectivity index (χ3v) is 2.91. The van der Waals surface area contributed by atoms with Gasteiger partial charge in [0, 0.05) is 18.3 Å². The molecule has 0 unspecified atom stereocenters. The van der Waals surface area contributed by atoms with Gasteiger partial charge < -0.3 is 5.32 Å². The Hall–Kier alpha value is -0.410. The standard InChI is InChI=1S/C12H22N2S/c1-5-6-13-8-10-9-15-11(14-10)7-12(2,3)4/h9,13H,5-8H2,1-4H3. The van der Waals surface area contributed by atoms with Crippen molar-refractivity contribution < 1.29 is 0 Å². The highest BCUT2D eigenvalue weighted by Crippen LogP contribution is 2.22. The Kier molecular flexibility index (Phi) is 4.74. The molecule has 1 aromatic heterocycles. The second-order valence-corrected chi connectivity index (χ2v) is 6.09. The van der Waals surface area contributed by atoms with Crippen molar-refractivity contribution in [1.82, 2.24) is 10.3 Å². The lowest BCUT2D eigenvalue weighted by Crippen LogP contribution is -2.14. The van der Waals surface area contributed by atoms with Crippen molar-refractivity contribution in [3.63, 3.8) is 0 Å². The van der Waals surface area contributed by atoms with E-state index in [2.05, 4.69) is 43.4 Å². The van der Waals surface area contributed by atoms with Gasteiger partial charge in [-0.15, -0.1) is 11.3 Å². The third kappa shape index (κ3) is 5.28. The first-order chi connectivity index (χ1) is 7.01. The van der Waals surface area contributed by atoms with Crippen LogP contribution in [0, 0.1) is 5.41 Å². The summed E-state index contributed by atoms with van der Waals surface area (Å²) < 4.78 is 0. The van der Waals surface area contributed by atoms with Gasteiger partial charge >= 0.3 is 0 Å². The predicted molar refractivity (Wildman–Crippen MR) is 67.3 cm³/mol. The predicted octanol–water partition coefficient (Wildman–Crippen LogP) is 3.23. The Morgan fingerprint density at radius 1 is 1.40 bits per heavy atom. The minimum absolute atomic E-state index is 0.339. The highest BCUT2D eigenvalue weighted by molar-refractivity contribution is 7.09. The molecular formula is C12H22N2S. The molecule has 0 saturated heterocycles. The van der Waals surface area contributed by atoms with Crippen LogP contribution in [0.5, 0.6) is 0 Å². The van der Waals surface area contributed by atoms with Crippen molar-refractivity contribution in [3.05, 3.63) is 16.1 Å². The maximum absolute atomic E-state index is 4.62. The van der Waals surface area contributed by atoms with Crippen LogP contribution in [0.4, 0.5) is 0 Å². The molecule has 0 fully saturated rings. The van der Waals surface area contributed by atoms with Crippen LogP contribution in [0.2, 0.25) is 0 Å². The summed E-state index contributed by atoms with van der Waals surface area (Å²) in [5.41, 5.74) is 1.53. The molecule has 0 aliphatic heterocycles. The molecule has 0 atom stereocenters. The number of hydrogen-bond donors (Lipinski definition) is 1. The fourth-order valence-corrected chi connectivity index (χ4v) is 2.45. The molecule has 86 valence electrons. The van der Waals surface area contributed by atoms with Crippen molar-refractivity contribution in [2.75, 3.05) is 6.54 Å². The van der Waals surface area contributed by atoms with Crippen LogP contribution in [0.1, 0.15) is 44.8 Å². The van der Waals surface area contributed by atoms with Gasteiger partial charge in [0.15, 0.2) is 0 Å². The maximum Gasteiger partial charge on any atom is 0.0934 e. The lowest BCUT2D eigenvalue weighted by atomic mass is 9.93. The van der Waals surface area contributed by atoms with Gasteiger partial charge in [-0.2, -0.15) is 0 Å². The van der Waals surface area contributed by atoms with Gasteiger partial charge in [-0.1, -0.05) is 27.7 Å². The third-order valence-electron chi connectivity index (χ3n) is 2.01. The molecule has 0 bridgehead atoms. The molecule has 0 amide bonds. The number of hydrogen-bond acceptors (Lipinski definition) is 3. The summed E-state index contributed by atoms with van der Waals surface area (Å²) in [4.78, 5) is 4.62. The average molecular weight is 226 g/mol. The zero-order valence-electron chi connectivity index (χ0n) is 10.3. The molecular weight excluding hydrogens is 204 g/mol. The van der Waals surface area contributed by atoms with Crippen molar-refractivity contribution in [3.8, 4) is 0 Å². The van der Waals surface area contributed by atoms with E-state index in [-0.39, 0.29) is 0 Å². The summed E-state index contributed by atoms with van der Waals surface area (Å²) in [5.74, 6) is 0. The molecule has 1 rings (SSSR count). The first kappa shape index (κ1) is 12.7. The van der Waals surface area contributed by atoms with E-state index < -0.39 is 0 Å². The molecule has 0 aliphatic rings. The van der Waals surface area contributed by atoms with Crippen LogP contribution in [0.3, 0.4) is 0 Å². The monoisotopic (exact) mass is 226 g/mol. The quantitative estimate of drug-likeness (QED) is 0.780. The van der Waals surface area contributed by atoms with E-state index in [4.69, 9.17) is 0 Å². The van der Waals surface area contributed by atoms with E-state index in [1.54, 1.807) is 11.3 Å². The summed E-state index contributed by atoms with van der Waals surface area (Å²) in [6, 6.07) is 0. The van der Waals surface area contributed by atoms with Crippen molar-refractivity contribution in [2.45, 2.75) is 47.1 Å². The number of nitrogens with zero attached hydrogens (tertiary/aromatic N) is 1. The van der Waals surface area contributed by atoms with E-state index in [0.29, 0.717) is 5.41 Å². The highest BCUT2D eigenvalue weighted by atomic mass is 32.1. The summed E-state index contributed by atoms with van der Waals surface area (Å²) in [5, 5.41) is 6.80. The van der Waals surface area contributed by atoms with E-state index >= 15 is 0 Å². The van der Waals surface area contributed by atoms with Crippen LogP contribution in [-0.4, -0.2) is 11.5 Å². The van der Waals surface area contributed by atoms with E-state index in [0.717, 1.165) is 19.5 Å². The fraction of sp³-hybridized carbons (Fsp3) is 0.750. The van der Waals surface area contributed by atoms with Gasteiger partial charge in [-0.05, 0) is 18.4 Å². The Bertz CT molecular complexity index is 286. The summed E-state index contributed by atoms with van der Waals surface area (Å²) >= 11 is 1.78. The van der Waals surface area contributed by atoms with E-state index in [1.807, 2.05) is 0 Å². The smallest absolute Gasteiger partial charge is 0.0934 e. The topological polar surface area (TPSA) is 24.9 Å². The Morgan fingerprint density at radius 3 is 2.73 bits per heavy atom. The van der Waals surface area contributed by atoms with Crippen molar-refractivity contribution >= 4 is 11.3 Å². The van der Waals surface area contributed by atoms with Gasteiger partial charge in [-0.3, -0.25) is 0 Å². The second-order valence-electron chi connectivity index (χ2n) is 5.15. The van der Waals surface area contributed by atoms with Crippen molar-refractivity contribution in [1.29, 1.82) is 0 Å². The van der Waals surface area contributed by atoms with Crippen LogP contribution in [0.15, 0.2) is 5.38 Å². The highest BCUT2D eigenvalue weighted by Gasteiger charge is 2.13. The fourth-order valence-electron chi connectivity index (χ4n) is 1.36. The van der Waals surface area contributed by atoms with Crippen molar-refractivity contribution in [2.24, 2.45) is 5.41 Å². The summed E-state index contributed by atoms with van der Waals surface area (Å²) in [6.07, 6.45) is 2.25.